The van der Waals surface area contributed by atoms with E-state index in [1.807, 2.05) is 41.9 Å². The van der Waals surface area contributed by atoms with Gasteiger partial charge in [-0.2, -0.15) is 0 Å². The summed E-state index contributed by atoms with van der Waals surface area (Å²) in [6.07, 6.45) is 3.59. The SMILES string of the molecule is COCC(=O)Nc1ccc(N2C(=S)N[C@H](c3ccccn3)[C@H]2c2cc(C)n(-c3nccs3)c2C)cc1Cl. The number of thiazole rings is 1. The number of hydrogen-bond acceptors (Lipinski definition) is 6. The number of nitrogens with zero attached hydrogens (tertiary/aromatic N) is 4. The number of benzene rings is 1. The van der Waals surface area contributed by atoms with E-state index in [-0.39, 0.29) is 24.6 Å². The number of nitrogens with one attached hydrogen (secondary N) is 2. The highest BCUT2D eigenvalue weighted by Crippen LogP contribution is 2.44. The first-order valence-corrected chi connectivity index (χ1v) is 13.2. The Labute approximate surface area is 229 Å². The molecule has 2 N–H and O–H groups in total. The first-order valence-electron chi connectivity index (χ1n) is 11.6. The minimum Gasteiger partial charge on any atom is -0.375 e. The normalized spacial score (nSPS) is 17.2. The second-order valence-electron chi connectivity index (χ2n) is 8.62. The van der Waals surface area contributed by atoms with Gasteiger partial charge < -0.3 is 20.3 Å². The van der Waals surface area contributed by atoms with Gasteiger partial charge in [0.15, 0.2) is 10.2 Å². The number of thiocarbonyl (C=S) groups is 1. The second kappa shape index (κ2) is 10.6. The summed E-state index contributed by atoms with van der Waals surface area (Å²) < 4.78 is 7.06. The van der Waals surface area contributed by atoms with Crippen LogP contribution in [0, 0.1) is 13.8 Å². The van der Waals surface area contributed by atoms with Gasteiger partial charge in [0.05, 0.1) is 28.5 Å². The van der Waals surface area contributed by atoms with E-state index < -0.39 is 0 Å². The molecule has 0 radical (unpaired) electrons. The van der Waals surface area contributed by atoms with Crippen LogP contribution in [-0.4, -0.2) is 39.3 Å². The number of carbonyl (C=O) groups excluding carboxylic acids is 1. The molecule has 4 heterocycles. The van der Waals surface area contributed by atoms with E-state index in [4.69, 9.17) is 28.6 Å². The lowest BCUT2D eigenvalue weighted by Gasteiger charge is -2.28. The Morgan fingerprint density at radius 1 is 1.22 bits per heavy atom. The topological polar surface area (TPSA) is 84.3 Å². The van der Waals surface area contributed by atoms with E-state index in [2.05, 4.69) is 50.0 Å². The predicted octanol–water partition coefficient (Wildman–Crippen LogP) is 5.36. The number of carbonyl (C=O) groups is 1. The van der Waals surface area contributed by atoms with Crippen LogP contribution >= 0.6 is 35.2 Å². The Morgan fingerprint density at radius 2 is 2.05 bits per heavy atom. The molecule has 4 aromatic rings. The minimum atomic E-state index is -0.279. The van der Waals surface area contributed by atoms with Gasteiger partial charge in [-0.25, -0.2) is 4.98 Å². The summed E-state index contributed by atoms with van der Waals surface area (Å²) in [5, 5.41) is 10.1. The third kappa shape index (κ3) is 4.85. The molecule has 1 saturated heterocycles. The molecule has 190 valence electrons. The van der Waals surface area contributed by atoms with Crippen molar-refractivity contribution < 1.29 is 9.53 Å². The fraction of sp³-hybridized carbons (Fsp3) is 0.231. The van der Waals surface area contributed by atoms with Gasteiger partial charge in [-0.3, -0.25) is 14.3 Å². The maximum absolute atomic E-state index is 12.0. The van der Waals surface area contributed by atoms with Crippen molar-refractivity contribution in [3.63, 3.8) is 0 Å². The number of aryl methyl sites for hydroxylation is 1. The van der Waals surface area contributed by atoms with Gasteiger partial charge in [-0.1, -0.05) is 17.7 Å². The van der Waals surface area contributed by atoms with Crippen molar-refractivity contribution in [3.05, 3.63) is 87.9 Å². The molecular formula is C26H25ClN6O2S2. The van der Waals surface area contributed by atoms with E-state index in [0.29, 0.717) is 15.8 Å². The van der Waals surface area contributed by atoms with Gasteiger partial charge in [-0.05, 0) is 68.0 Å². The van der Waals surface area contributed by atoms with Crippen molar-refractivity contribution in [2.45, 2.75) is 25.9 Å². The first-order chi connectivity index (χ1) is 17.9. The molecule has 0 spiro atoms. The molecule has 0 unspecified atom stereocenters. The summed E-state index contributed by atoms with van der Waals surface area (Å²) in [5.41, 5.74) is 5.44. The summed E-state index contributed by atoms with van der Waals surface area (Å²) in [4.78, 5) is 23.2. The molecule has 1 aliphatic heterocycles. The van der Waals surface area contributed by atoms with E-state index >= 15 is 0 Å². The largest absolute Gasteiger partial charge is 0.375 e. The smallest absolute Gasteiger partial charge is 0.250 e. The zero-order valence-corrected chi connectivity index (χ0v) is 22.8. The average Bonchev–Trinajstić information content (AvgIpc) is 3.59. The van der Waals surface area contributed by atoms with Crippen molar-refractivity contribution in [1.29, 1.82) is 0 Å². The van der Waals surface area contributed by atoms with Crippen LogP contribution < -0.4 is 15.5 Å². The van der Waals surface area contributed by atoms with Crippen LogP contribution in [0.1, 0.15) is 34.7 Å². The van der Waals surface area contributed by atoms with Crippen molar-refractivity contribution in [1.82, 2.24) is 19.9 Å². The molecule has 3 aromatic heterocycles. The van der Waals surface area contributed by atoms with E-state index in [1.54, 1.807) is 23.6 Å². The number of amides is 1. The third-order valence-electron chi connectivity index (χ3n) is 6.28. The van der Waals surface area contributed by atoms with E-state index in [9.17, 15) is 4.79 Å². The van der Waals surface area contributed by atoms with Crippen molar-refractivity contribution in [2.75, 3.05) is 23.9 Å². The summed E-state index contributed by atoms with van der Waals surface area (Å²) >= 11 is 14.1. The van der Waals surface area contributed by atoms with Gasteiger partial charge in [0, 0.05) is 42.0 Å². The standard InChI is InChI=1S/C26H25ClN6O2S2/c1-15-12-18(16(2)32(15)26-29-10-11-37-26)24-23(21-6-4-5-9-28-21)31-25(36)33(24)17-7-8-20(19(27)13-17)30-22(34)14-35-3/h4-13,23-24H,14H2,1-3H3,(H,30,34)(H,31,36)/t23-,24-/m1/s1. The quantitative estimate of drug-likeness (QED) is 0.298. The number of ether oxygens (including phenoxy) is 1. The fourth-order valence-corrected chi connectivity index (χ4v) is 6.05. The monoisotopic (exact) mass is 552 g/mol. The van der Waals surface area contributed by atoms with Gasteiger partial charge in [-0.15, -0.1) is 11.3 Å². The molecule has 1 fully saturated rings. The number of hydrogen-bond donors (Lipinski definition) is 2. The van der Waals surface area contributed by atoms with Gasteiger partial charge in [0.25, 0.3) is 0 Å². The molecule has 2 atom stereocenters. The lowest BCUT2D eigenvalue weighted by Crippen LogP contribution is -2.29. The number of anilines is 2. The number of rotatable bonds is 7. The summed E-state index contributed by atoms with van der Waals surface area (Å²) in [5.74, 6) is -0.279. The maximum Gasteiger partial charge on any atom is 0.250 e. The number of methoxy groups -OCH3 is 1. The minimum absolute atomic E-state index is 0.0548. The van der Waals surface area contributed by atoms with Crippen LogP contribution in [0.5, 0.6) is 0 Å². The molecule has 0 aliphatic carbocycles. The molecule has 37 heavy (non-hydrogen) atoms. The lowest BCUT2D eigenvalue weighted by molar-refractivity contribution is -0.119. The van der Waals surface area contributed by atoms with Crippen LogP contribution in [-0.2, 0) is 9.53 Å². The number of pyridine rings is 1. The fourth-order valence-electron chi connectivity index (χ4n) is 4.73. The highest BCUT2D eigenvalue weighted by molar-refractivity contribution is 7.80. The van der Waals surface area contributed by atoms with Crippen molar-refractivity contribution >= 4 is 57.5 Å². The molecule has 0 saturated carbocycles. The zero-order valence-electron chi connectivity index (χ0n) is 20.4. The lowest BCUT2D eigenvalue weighted by atomic mass is 9.96. The van der Waals surface area contributed by atoms with Gasteiger partial charge in [0.2, 0.25) is 5.91 Å². The Hall–Kier alpha value is -3.31. The van der Waals surface area contributed by atoms with Crippen LogP contribution in [0.3, 0.4) is 0 Å². The van der Waals surface area contributed by atoms with Crippen LogP contribution in [0.15, 0.2) is 60.2 Å². The molecule has 0 bridgehead atoms. The number of aromatic nitrogens is 3. The average molecular weight is 553 g/mol. The van der Waals surface area contributed by atoms with E-state index in [0.717, 1.165) is 33.5 Å². The van der Waals surface area contributed by atoms with Crippen LogP contribution in [0.25, 0.3) is 5.13 Å². The summed E-state index contributed by atoms with van der Waals surface area (Å²) in [6.45, 7) is 4.12. The Balaban J connectivity index is 1.60. The second-order valence-corrected chi connectivity index (χ2v) is 10.3. The predicted molar refractivity (Wildman–Crippen MR) is 151 cm³/mol. The van der Waals surface area contributed by atoms with Gasteiger partial charge >= 0.3 is 0 Å². The van der Waals surface area contributed by atoms with Gasteiger partial charge in [0.1, 0.15) is 6.61 Å². The van der Waals surface area contributed by atoms with Crippen LogP contribution in [0.4, 0.5) is 11.4 Å². The molecular weight excluding hydrogens is 528 g/mol. The summed E-state index contributed by atoms with van der Waals surface area (Å²) in [6, 6.07) is 13.1. The molecule has 1 aromatic carbocycles. The van der Waals surface area contributed by atoms with Crippen molar-refractivity contribution in [2.24, 2.45) is 0 Å². The molecule has 1 amide bonds. The molecule has 5 rings (SSSR count). The highest BCUT2D eigenvalue weighted by Gasteiger charge is 2.42. The number of halogens is 1. The van der Waals surface area contributed by atoms with E-state index in [1.165, 1.54) is 7.11 Å². The maximum atomic E-state index is 12.0. The van der Waals surface area contributed by atoms with Crippen LogP contribution in [0.2, 0.25) is 5.02 Å². The Kier molecular flexibility index (Phi) is 7.25. The Bertz CT molecular complexity index is 1440. The van der Waals surface area contributed by atoms with Crippen molar-refractivity contribution in [3.8, 4) is 5.13 Å². The highest BCUT2D eigenvalue weighted by atomic mass is 35.5. The summed E-state index contributed by atoms with van der Waals surface area (Å²) in [7, 11) is 1.47. The molecule has 8 nitrogen and oxygen atoms in total. The molecule has 11 heteroatoms. The molecule has 1 aliphatic rings. The third-order valence-corrected chi connectivity index (χ3v) is 7.66. The zero-order chi connectivity index (χ0) is 26.1. The first kappa shape index (κ1) is 25.3. The Morgan fingerprint density at radius 3 is 2.73 bits per heavy atom.